The number of rotatable bonds is 0. The van der Waals surface area contributed by atoms with E-state index < -0.39 is 23.0 Å². The summed E-state index contributed by atoms with van der Waals surface area (Å²) in [5, 5.41) is 5.57. The zero-order valence-corrected chi connectivity index (χ0v) is 10.3. The average Bonchev–Trinajstić information content (AvgIpc) is 2.71. The van der Waals surface area contributed by atoms with Crippen LogP contribution in [0.2, 0.25) is 0 Å². The Kier molecular flexibility index (Phi) is 3.09. The van der Waals surface area contributed by atoms with E-state index in [1.54, 1.807) is 0 Å². The monoisotopic (exact) mass is 306 g/mol. The molecular weight excluding hydrogens is 301 g/mol. The second-order valence-electron chi connectivity index (χ2n) is 3.87. The lowest BCUT2D eigenvalue weighted by Crippen LogP contribution is -2.17. The fourth-order valence-electron chi connectivity index (χ4n) is 1.86. The lowest BCUT2D eigenvalue weighted by molar-refractivity contribution is -0.137. The SMILES string of the molecule is Cl.O=c1[nH]c2cc(C(F)(F)F)ccc2n2c(=O)[nH]nc12. The quantitative estimate of drug-likeness (QED) is 0.657. The summed E-state index contributed by atoms with van der Waals surface area (Å²) in [5.74, 6) is 0. The van der Waals surface area contributed by atoms with E-state index in [2.05, 4.69) is 15.2 Å². The van der Waals surface area contributed by atoms with Crippen LogP contribution in [-0.2, 0) is 6.18 Å². The first-order valence-electron chi connectivity index (χ1n) is 5.08. The topological polar surface area (TPSA) is 83.0 Å². The van der Waals surface area contributed by atoms with Gasteiger partial charge in [-0.05, 0) is 18.2 Å². The second-order valence-corrected chi connectivity index (χ2v) is 3.87. The first-order valence-corrected chi connectivity index (χ1v) is 5.08. The molecule has 10 heteroatoms. The molecule has 106 valence electrons. The van der Waals surface area contributed by atoms with Gasteiger partial charge in [0.05, 0.1) is 16.6 Å². The van der Waals surface area contributed by atoms with Gasteiger partial charge in [0.2, 0.25) is 5.65 Å². The maximum Gasteiger partial charge on any atom is 0.416 e. The van der Waals surface area contributed by atoms with Gasteiger partial charge in [-0.1, -0.05) is 0 Å². The first kappa shape index (κ1) is 14.1. The van der Waals surface area contributed by atoms with Crippen molar-refractivity contribution >= 4 is 29.1 Å². The lowest BCUT2D eigenvalue weighted by Gasteiger charge is -2.07. The van der Waals surface area contributed by atoms with Gasteiger partial charge in [0.1, 0.15) is 0 Å². The van der Waals surface area contributed by atoms with Crippen LogP contribution in [-0.4, -0.2) is 19.6 Å². The molecule has 0 spiro atoms. The molecule has 0 saturated carbocycles. The molecular formula is C10H6ClF3N4O2. The Balaban J connectivity index is 0.00000147. The number of H-pyrrole nitrogens is 2. The van der Waals surface area contributed by atoms with Crippen LogP contribution in [0.25, 0.3) is 16.7 Å². The number of hydrogen-bond donors (Lipinski definition) is 2. The minimum Gasteiger partial charge on any atom is -0.317 e. The van der Waals surface area contributed by atoms with Crippen LogP contribution < -0.4 is 11.2 Å². The highest BCUT2D eigenvalue weighted by Gasteiger charge is 2.30. The van der Waals surface area contributed by atoms with Crippen molar-refractivity contribution in [1.82, 2.24) is 19.6 Å². The van der Waals surface area contributed by atoms with Gasteiger partial charge in [0, 0.05) is 0 Å². The molecule has 0 unspecified atom stereocenters. The van der Waals surface area contributed by atoms with Gasteiger partial charge in [-0.25, -0.2) is 14.3 Å². The molecule has 0 aliphatic carbocycles. The van der Waals surface area contributed by atoms with Crippen LogP contribution >= 0.6 is 12.4 Å². The van der Waals surface area contributed by atoms with Crippen molar-refractivity contribution in [2.24, 2.45) is 0 Å². The molecule has 6 nitrogen and oxygen atoms in total. The zero-order chi connectivity index (χ0) is 13.8. The largest absolute Gasteiger partial charge is 0.416 e. The summed E-state index contributed by atoms with van der Waals surface area (Å²) in [6, 6.07) is 2.72. The number of aromatic nitrogens is 4. The highest BCUT2D eigenvalue weighted by molar-refractivity contribution is 5.85. The fourth-order valence-corrected chi connectivity index (χ4v) is 1.86. The van der Waals surface area contributed by atoms with E-state index in [1.807, 2.05) is 0 Å². The van der Waals surface area contributed by atoms with Gasteiger partial charge >= 0.3 is 11.9 Å². The van der Waals surface area contributed by atoms with Crippen LogP contribution in [0.4, 0.5) is 13.2 Å². The number of alkyl halides is 3. The number of fused-ring (bicyclic) bond motifs is 3. The average molecular weight is 307 g/mol. The van der Waals surface area contributed by atoms with Crippen molar-refractivity contribution < 1.29 is 13.2 Å². The van der Waals surface area contributed by atoms with Crippen molar-refractivity contribution in [1.29, 1.82) is 0 Å². The molecule has 2 heterocycles. The third-order valence-electron chi connectivity index (χ3n) is 2.69. The Morgan fingerprint density at radius 1 is 1.20 bits per heavy atom. The molecule has 3 rings (SSSR count). The normalized spacial score (nSPS) is 11.8. The number of nitrogens with one attached hydrogen (secondary N) is 2. The van der Waals surface area contributed by atoms with E-state index in [0.717, 1.165) is 22.6 Å². The molecule has 0 aliphatic rings. The van der Waals surface area contributed by atoms with E-state index in [0.29, 0.717) is 0 Å². The van der Waals surface area contributed by atoms with Crippen LogP contribution in [0.15, 0.2) is 27.8 Å². The Morgan fingerprint density at radius 2 is 1.90 bits per heavy atom. The van der Waals surface area contributed by atoms with Crippen LogP contribution in [0.1, 0.15) is 5.56 Å². The third-order valence-corrected chi connectivity index (χ3v) is 2.69. The van der Waals surface area contributed by atoms with Crippen LogP contribution in [0, 0.1) is 0 Å². The number of aromatic amines is 2. The molecule has 2 aromatic heterocycles. The Labute approximate surface area is 113 Å². The number of halogens is 4. The van der Waals surface area contributed by atoms with E-state index in [-0.39, 0.29) is 29.1 Å². The van der Waals surface area contributed by atoms with Gasteiger partial charge in [0.15, 0.2) is 0 Å². The summed E-state index contributed by atoms with van der Waals surface area (Å²) in [5.41, 5.74) is -2.49. The fraction of sp³-hybridized carbons (Fsp3) is 0.100. The predicted octanol–water partition coefficient (Wildman–Crippen LogP) is 1.30. The number of benzene rings is 1. The summed E-state index contributed by atoms with van der Waals surface area (Å²) in [7, 11) is 0. The van der Waals surface area contributed by atoms with Gasteiger partial charge in [0.25, 0.3) is 5.56 Å². The van der Waals surface area contributed by atoms with Crippen molar-refractivity contribution in [3.63, 3.8) is 0 Å². The molecule has 0 aliphatic heterocycles. The molecule has 0 bridgehead atoms. The minimum absolute atomic E-state index is 0. The molecule has 0 radical (unpaired) electrons. The molecule has 0 amide bonds. The third kappa shape index (κ3) is 1.95. The second kappa shape index (κ2) is 4.37. The summed E-state index contributed by atoms with van der Waals surface area (Å²) in [6.45, 7) is 0. The summed E-state index contributed by atoms with van der Waals surface area (Å²) >= 11 is 0. The molecule has 20 heavy (non-hydrogen) atoms. The van der Waals surface area contributed by atoms with Crippen molar-refractivity contribution in [2.75, 3.05) is 0 Å². The van der Waals surface area contributed by atoms with E-state index in [9.17, 15) is 22.8 Å². The Morgan fingerprint density at radius 3 is 2.55 bits per heavy atom. The highest BCUT2D eigenvalue weighted by atomic mass is 35.5. The van der Waals surface area contributed by atoms with Crippen molar-refractivity contribution in [2.45, 2.75) is 6.18 Å². The first-order chi connectivity index (χ1) is 8.88. The summed E-state index contributed by atoms with van der Waals surface area (Å²) in [6.07, 6.45) is -4.53. The Bertz CT molecular complexity index is 909. The predicted molar refractivity (Wildman–Crippen MR) is 66.2 cm³/mol. The molecule has 2 N–H and O–H groups in total. The molecule has 0 saturated heterocycles. The van der Waals surface area contributed by atoms with Gasteiger partial charge in [-0.2, -0.15) is 13.2 Å². The summed E-state index contributed by atoms with van der Waals surface area (Å²) in [4.78, 5) is 25.3. The molecule has 1 aromatic carbocycles. The van der Waals surface area contributed by atoms with Gasteiger partial charge in [-0.3, -0.25) is 4.79 Å². The van der Waals surface area contributed by atoms with E-state index in [1.165, 1.54) is 0 Å². The van der Waals surface area contributed by atoms with Crippen molar-refractivity contribution in [3.05, 3.63) is 44.6 Å². The maximum atomic E-state index is 12.6. The number of nitrogens with zero attached hydrogens (tertiary/aromatic N) is 2. The molecule has 0 atom stereocenters. The lowest BCUT2D eigenvalue weighted by atomic mass is 10.2. The number of hydrogen-bond acceptors (Lipinski definition) is 3. The van der Waals surface area contributed by atoms with Gasteiger partial charge in [-0.15, -0.1) is 17.5 Å². The molecule has 0 fully saturated rings. The smallest absolute Gasteiger partial charge is 0.317 e. The molecule has 3 aromatic rings. The van der Waals surface area contributed by atoms with Gasteiger partial charge < -0.3 is 4.98 Å². The summed E-state index contributed by atoms with van der Waals surface area (Å²) < 4.78 is 38.6. The van der Waals surface area contributed by atoms with Crippen LogP contribution in [0.5, 0.6) is 0 Å². The standard InChI is InChI=1S/C10H5F3N4O2.ClH/c11-10(12,13)4-1-2-6-5(3-4)14-8(18)7-15-16-9(19)17(6)7;/h1-3H,(H,14,18)(H,16,19);1H. The Hall–Kier alpha value is -2.29. The maximum absolute atomic E-state index is 12.6. The van der Waals surface area contributed by atoms with Crippen molar-refractivity contribution in [3.8, 4) is 0 Å². The van der Waals surface area contributed by atoms with E-state index in [4.69, 9.17) is 0 Å². The highest BCUT2D eigenvalue weighted by Crippen LogP contribution is 2.30. The van der Waals surface area contributed by atoms with Crippen LogP contribution in [0.3, 0.4) is 0 Å². The minimum atomic E-state index is -4.53. The van der Waals surface area contributed by atoms with E-state index >= 15 is 0 Å². The zero-order valence-electron chi connectivity index (χ0n) is 9.49.